The van der Waals surface area contributed by atoms with Gasteiger partial charge in [-0.15, -0.1) is 0 Å². The van der Waals surface area contributed by atoms with E-state index in [-0.39, 0.29) is 17.2 Å². The molecule has 0 aromatic carbocycles. The SMILES string of the molecule is CCCCN1C[C@@]2(CCCN(C(=O)c3cnc(C4CC4)nc3C)C2)CCC1=O. The van der Waals surface area contributed by atoms with Gasteiger partial charge in [0.1, 0.15) is 5.82 Å². The summed E-state index contributed by atoms with van der Waals surface area (Å²) in [4.78, 5) is 38.6. The Morgan fingerprint density at radius 1 is 1.29 bits per heavy atom. The summed E-state index contributed by atoms with van der Waals surface area (Å²) in [6.45, 7) is 7.25. The first-order valence-corrected chi connectivity index (χ1v) is 10.9. The van der Waals surface area contributed by atoms with E-state index >= 15 is 0 Å². The van der Waals surface area contributed by atoms with Crippen LogP contribution in [0.15, 0.2) is 6.20 Å². The molecule has 3 heterocycles. The number of carbonyl (C=O) groups excluding carboxylic acids is 2. The van der Waals surface area contributed by atoms with Gasteiger partial charge in [-0.1, -0.05) is 13.3 Å². The molecular weight excluding hydrogens is 352 g/mol. The van der Waals surface area contributed by atoms with Gasteiger partial charge in [-0.25, -0.2) is 9.97 Å². The average Bonchev–Trinajstić information content (AvgIpc) is 3.54. The van der Waals surface area contributed by atoms with E-state index in [1.165, 1.54) is 0 Å². The molecule has 1 saturated carbocycles. The molecule has 6 heteroatoms. The number of nitrogens with zero attached hydrogens (tertiary/aromatic N) is 4. The predicted molar refractivity (Wildman–Crippen MR) is 107 cm³/mol. The Hall–Kier alpha value is -1.98. The minimum absolute atomic E-state index is 0.0518. The third-order valence-corrected chi connectivity index (χ3v) is 6.65. The molecule has 1 spiro atoms. The molecule has 3 fully saturated rings. The average molecular weight is 385 g/mol. The summed E-state index contributed by atoms with van der Waals surface area (Å²) in [5.41, 5.74) is 1.49. The third-order valence-electron chi connectivity index (χ3n) is 6.65. The summed E-state index contributed by atoms with van der Waals surface area (Å²) in [5, 5.41) is 0. The number of rotatable bonds is 5. The summed E-state index contributed by atoms with van der Waals surface area (Å²) in [5.74, 6) is 1.72. The minimum Gasteiger partial charge on any atom is -0.342 e. The number of likely N-dealkylation sites (tertiary alicyclic amines) is 2. The van der Waals surface area contributed by atoms with Crippen LogP contribution in [-0.2, 0) is 4.79 Å². The fourth-order valence-electron chi connectivity index (χ4n) is 4.77. The molecule has 2 aliphatic heterocycles. The normalized spacial score (nSPS) is 25.4. The van der Waals surface area contributed by atoms with Crippen LogP contribution in [-0.4, -0.2) is 57.8 Å². The second-order valence-corrected chi connectivity index (χ2v) is 9.00. The lowest BCUT2D eigenvalue weighted by Crippen LogP contribution is -2.55. The van der Waals surface area contributed by atoms with Gasteiger partial charge in [0, 0.05) is 50.1 Å². The van der Waals surface area contributed by atoms with Crippen LogP contribution in [0.4, 0.5) is 0 Å². The topological polar surface area (TPSA) is 66.4 Å². The van der Waals surface area contributed by atoms with Crippen LogP contribution in [0, 0.1) is 12.3 Å². The van der Waals surface area contributed by atoms with E-state index in [1.807, 2.05) is 16.7 Å². The van der Waals surface area contributed by atoms with Crippen molar-refractivity contribution in [2.75, 3.05) is 26.2 Å². The number of unbranched alkanes of at least 4 members (excludes halogenated alkanes) is 1. The number of aryl methyl sites for hydroxylation is 1. The molecule has 1 aromatic heterocycles. The van der Waals surface area contributed by atoms with Gasteiger partial charge in [0.15, 0.2) is 0 Å². The first-order chi connectivity index (χ1) is 13.5. The maximum Gasteiger partial charge on any atom is 0.257 e. The number of aromatic nitrogens is 2. The summed E-state index contributed by atoms with van der Waals surface area (Å²) >= 11 is 0. The van der Waals surface area contributed by atoms with Gasteiger partial charge in [0.05, 0.1) is 11.3 Å². The summed E-state index contributed by atoms with van der Waals surface area (Å²) in [6, 6.07) is 0. The van der Waals surface area contributed by atoms with Crippen LogP contribution >= 0.6 is 0 Å². The maximum atomic E-state index is 13.2. The monoisotopic (exact) mass is 384 g/mol. The molecule has 1 aromatic rings. The van der Waals surface area contributed by atoms with Crippen molar-refractivity contribution in [1.82, 2.24) is 19.8 Å². The smallest absolute Gasteiger partial charge is 0.257 e. The second kappa shape index (κ2) is 7.80. The number of hydrogen-bond acceptors (Lipinski definition) is 4. The highest BCUT2D eigenvalue weighted by Gasteiger charge is 2.43. The van der Waals surface area contributed by atoms with Crippen molar-refractivity contribution in [3.05, 3.63) is 23.3 Å². The van der Waals surface area contributed by atoms with Crippen molar-refractivity contribution >= 4 is 11.8 Å². The molecule has 0 bridgehead atoms. The van der Waals surface area contributed by atoms with E-state index in [0.29, 0.717) is 17.9 Å². The zero-order chi connectivity index (χ0) is 19.7. The van der Waals surface area contributed by atoms with Crippen molar-refractivity contribution in [3.8, 4) is 0 Å². The highest BCUT2D eigenvalue weighted by Crippen LogP contribution is 2.40. The maximum absolute atomic E-state index is 13.2. The van der Waals surface area contributed by atoms with Gasteiger partial charge < -0.3 is 9.80 Å². The molecule has 28 heavy (non-hydrogen) atoms. The largest absolute Gasteiger partial charge is 0.342 e. The summed E-state index contributed by atoms with van der Waals surface area (Å²) in [6.07, 6.45) is 9.81. The zero-order valence-corrected chi connectivity index (χ0v) is 17.2. The number of hydrogen-bond donors (Lipinski definition) is 0. The van der Waals surface area contributed by atoms with Crippen LogP contribution in [0.1, 0.15) is 86.1 Å². The molecule has 2 saturated heterocycles. The van der Waals surface area contributed by atoms with E-state index in [9.17, 15) is 9.59 Å². The first kappa shape index (κ1) is 19.3. The first-order valence-electron chi connectivity index (χ1n) is 10.9. The van der Waals surface area contributed by atoms with Crippen LogP contribution in [0.5, 0.6) is 0 Å². The predicted octanol–water partition coefficient (Wildman–Crippen LogP) is 3.31. The van der Waals surface area contributed by atoms with E-state index < -0.39 is 0 Å². The highest BCUT2D eigenvalue weighted by molar-refractivity contribution is 5.95. The van der Waals surface area contributed by atoms with Crippen LogP contribution in [0.2, 0.25) is 0 Å². The standard InChI is InChI=1S/C22H32N4O2/c1-3-4-11-25-14-22(10-8-19(25)27)9-5-12-26(15-22)21(28)18-13-23-20(17-6-7-17)24-16(18)2/h13,17H,3-12,14-15H2,1-2H3/t22-/m1/s1. The fraction of sp³-hybridized carbons (Fsp3) is 0.727. The van der Waals surface area contributed by atoms with E-state index in [4.69, 9.17) is 0 Å². The van der Waals surface area contributed by atoms with E-state index in [2.05, 4.69) is 16.9 Å². The van der Waals surface area contributed by atoms with Gasteiger partial charge in [0.2, 0.25) is 5.91 Å². The summed E-state index contributed by atoms with van der Waals surface area (Å²) < 4.78 is 0. The van der Waals surface area contributed by atoms with Crippen LogP contribution in [0.25, 0.3) is 0 Å². The third kappa shape index (κ3) is 3.91. The van der Waals surface area contributed by atoms with Crippen molar-refractivity contribution in [2.24, 2.45) is 5.41 Å². The molecule has 2 amide bonds. The molecule has 4 rings (SSSR count). The van der Waals surface area contributed by atoms with Gasteiger partial charge in [-0.05, 0) is 45.4 Å². The zero-order valence-electron chi connectivity index (χ0n) is 17.2. The van der Waals surface area contributed by atoms with Crippen molar-refractivity contribution < 1.29 is 9.59 Å². The van der Waals surface area contributed by atoms with Crippen molar-refractivity contribution in [1.29, 1.82) is 0 Å². The Labute approximate surface area is 167 Å². The Morgan fingerprint density at radius 3 is 2.82 bits per heavy atom. The van der Waals surface area contributed by atoms with Crippen molar-refractivity contribution in [3.63, 3.8) is 0 Å². The Morgan fingerprint density at radius 2 is 2.11 bits per heavy atom. The van der Waals surface area contributed by atoms with Crippen LogP contribution < -0.4 is 0 Å². The molecule has 3 aliphatic rings. The Kier molecular flexibility index (Phi) is 5.39. The van der Waals surface area contributed by atoms with Gasteiger partial charge in [-0.2, -0.15) is 0 Å². The van der Waals surface area contributed by atoms with Crippen molar-refractivity contribution in [2.45, 2.75) is 71.1 Å². The molecule has 0 N–H and O–H groups in total. The van der Waals surface area contributed by atoms with Gasteiger partial charge in [0.25, 0.3) is 5.91 Å². The molecule has 6 nitrogen and oxygen atoms in total. The molecule has 1 atom stereocenters. The van der Waals surface area contributed by atoms with E-state index in [0.717, 1.165) is 82.6 Å². The molecule has 1 aliphatic carbocycles. The number of amides is 2. The number of piperidine rings is 2. The van der Waals surface area contributed by atoms with Crippen LogP contribution in [0.3, 0.4) is 0 Å². The fourth-order valence-corrected chi connectivity index (χ4v) is 4.77. The Bertz CT molecular complexity index is 761. The quantitative estimate of drug-likeness (QED) is 0.781. The van der Waals surface area contributed by atoms with Gasteiger partial charge in [-0.3, -0.25) is 9.59 Å². The molecular formula is C22H32N4O2. The van der Waals surface area contributed by atoms with E-state index in [1.54, 1.807) is 6.20 Å². The molecule has 152 valence electrons. The summed E-state index contributed by atoms with van der Waals surface area (Å²) in [7, 11) is 0. The lowest BCUT2D eigenvalue weighted by molar-refractivity contribution is -0.139. The minimum atomic E-state index is 0.0518. The van der Waals surface area contributed by atoms with Gasteiger partial charge >= 0.3 is 0 Å². The second-order valence-electron chi connectivity index (χ2n) is 9.00. The molecule has 0 radical (unpaired) electrons. The lowest BCUT2D eigenvalue weighted by Gasteiger charge is -2.48. The number of carbonyl (C=O) groups is 2. The highest BCUT2D eigenvalue weighted by atomic mass is 16.2. The lowest BCUT2D eigenvalue weighted by atomic mass is 9.73. The Balaban J connectivity index is 1.47. The molecule has 0 unspecified atom stereocenters.